The van der Waals surface area contributed by atoms with Gasteiger partial charge in [0.15, 0.2) is 0 Å². The number of hydrogen-bond acceptors (Lipinski definition) is 4. The van der Waals surface area contributed by atoms with Gasteiger partial charge < -0.3 is 9.84 Å². The number of halogens is 1. The molecule has 1 heterocycles. The molecule has 0 saturated heterocycles. The Kier molecular flexibility index (Phi) is 4.46. The van der Waals surface area contributed by atoms with Gasteiger partial charge in [-0.15, -0.1) is 0 Å². The molecule has 0 radical (unpaired) electrons. The van der Waals surface area contributed by atoms with Crippen LogP contribution in [0.1, 0.15) is 50.6 Å². The van der Waals surface area contributed by atoms with Gasteiger partial charge in [-0.2, -0.15) is 5.26 Å². The maximum Gasteiger partial charge on any atom is 0.134 e. The molecule has 1 unspecified atom stereocenters. The summed E-state index contributed by atoms with van der Waals surface area (Å²) in [6, 6.07) is 15.5. The number of hydrogen-bond donors (Lipinski definition) is 1. The second kappa shape index (κ2) is 6.49. The summed E-state index contributed by atoms with van der Waals surface area (Å²) < 4.78 is 6.36. The fraction of sp³-hybridized carbons (Fsp3) is 0.435. The zero-order chi connectivity index (χ0) is 20.3. The second-order valence-corrected chi connectivity index (χ2v) is 9.45. The van der Waals surface area contributed by atoms with E-state index in [1.54, 1.807) is 18.2 Å². The highest BCUT2D eigenvalue weighted by atomic mass is 35.5. The van der Waals surface area contributed by atoms with E-state index in [4.69, 9.17) is 21.6 Å². The van der Waals surface area contributed by atoms with Gasteiger partial charge in [0.25, 0.3) is 0 Å². The molecule has 1 fully saturated rings. The zero-order valence-electron chi connectivity index (χ0n) is 16.6. The third-order valence-electron chi connectivity index (χ3n) is 6.41. The first-order valence-electron chi connectivity index (χ1n) is 9.56. The van der Waals surface area contributed by atoms with E-state index in [2.05, 4.69) is 44.7 Å². The van der Waals surface area contributed by atoms with Crippen molar-refractivity contribution in [2.45, 2.75) is 52.6 Å². The highest BCUT2D eigenvalue weighted by molar-refractivity contribution is 6.31. The van der Waals surface area contributed by atoms with Crippen molar-refractivity contribution >= 4 is 11.6 Å². The van der Waals surface area contributed by atoms with Gasteiger partial charge >= 0.3 is 0 Å². The summed E-state index contributed by atoms with van der Waals surface area (Å²) in [6.45, 7) is 9.50. The monoisotopic (exact) mass is 396 g/mol. The summed E-state index contributed by atoms with van der Waals surface area (Å²) in [5.74, 6) is 0.666. The molecule has 1 aliphatic carbocycles. The largest absolute Gasteiger partial charge is 0.489 e. The molecule has 0 bridgehead atoms. The molecule has 4 rings (SSSR count). The average molecular weight is 397 g/mol. The van der Waals surface area contributed by atoms with E-state index < -0.39 is 6.23 Å². The average Bonchev–Trinajstić information content (AvgIpc) is 2.95. The van der Waals surface area contributed by atoms with Gasteiger partial charge in [0.1, 0.15) is 24.2 Å². The van der Waals surface area contributed by atoms with Crippen molar-refractivity contribution in [3.05, 3.63) is 64.2 Å². The maximum atomic E-state index is 10.9. The topological polar surface area (TPSA) is 56.5 Å². The minimum absolute atomic E-state index is 0.0510. The normalized spacial score (nSPS) is 27.5. The Bertz CT molecular complexity index is 947. The molecular weight excluding hydrogens is 372 g/mol. The van der Waals surface area contributed by atoms with E-state index in [1.165, 1.54) is 5.56 Å². The molecular formula is C23H25ClN2O2. The molecule has 0 amide bonds. The molecule has 1 saturated carbocycles. The summed E-state index contributed by atoms with van der Waals surface area (Å²) in [5.41, 5.74) is 2.28. The molecule has 1 N–H and O–H groups in total. The van der Waals surface area contributed by atoms with Crippen molar-refractivity contribution in [3.8, 4) is 11.8 Å². The van der Waals surface area contributed by atoms with Gasteiger partial charge in [-0.1, -0.05) is 63.6 Å². The SMILES string of the molecule is CC1(C)C(Oc2ccc(C#N)c(Cl)c2)C(C)(C)C1N1Cc2ccccc2C1O. The number of nitriles is 1. The van der Waals surface area contributed by atoms with Gasteiger partial charge in [0.2, 0.25) is 0 Å². The van der Waals surface area contributed by atoms with Crippen molar-refractivity contribution in [2.75, 3.05) is 0 Å². The lowest BCUT2D eigenvalue weighted by Crippen LogP contribution is -2.74. The number of fused-ring (bicyclic) bond motifs is 1. The van der Waals surface area contributed by atoms with Crippen LogP contribution in [0.25, 0.3) is 0 Å². The van der Waals surface area contributed by atoms with E-state index in [-0.39, 0.29) is 23.0 Å². The predicted molar refractivity (Wildman–Crippen MR) is 109 cm³/mol. The standard InChI is InChI=1S/C23H25ClN2O2/c1-22(2)20(26-13-15-7-5-6-8-17(15)19(26)27)23(3,4)21(22)28-16-10-9-14(12-25)18(24)11-16/h5-11,19-21,27H,13H2,1-4H3. The molecule has 2 aromatic carbocycles. The van der Waals surface area contributed by atoms with E-state index >= 15 is 0 Å². The van der Waals surface area contributed by atoms with Crippen LogP contribution in [0.2, 0.25) is 5.02 Å². The van der Waals surface area contributed by atoms with E-state index in [0.717, 1.165) is 12.1 Å². The van der Waals surface area contributed by atoms with Crippen LogP contribution in [0.5, 0.6) is 5.75 Å². The number of benzene rings is 2. The molecule has 2 aromatic rings. The van der Waals surface area contributed by atoms with Crippen LogP contribution in [0, 0.1) is 22.2 Å². The summed E-state index contributed by atoms with van der Waals surface area (Å²) in [7, 11) is 0. The predicted octanol–water partition coefficient (Wildman–Crippen LogP) is 4.90. The minimum Gasteiger partial charge on any atom is -0.489 e. The molecule has 0 spiro atoms. The fourth-order valence-corrected chi connectivity index (χ4v) is 5.90. The first kappa shape index (κ1) is 19.3. The number of nitrogens with zero attached hydrogens (tertiary/aromatic N) is 2. The van der Waals surface area contributed by atoms with Crippen molar-refractivity contribution < 1.29 is 9.84 Å². The first-order chi connectivity index (χ1) is 13.2. The maximum absolute atomic E-state index is 10.9. The molecule has 1 aliphatic heterocycles. The van der Waals surface area contributed by atoms with Gasteiger partial charge in [-0.25, -0.2) is 0 Å². The minimum atomic E-state index is -0.593. The zero-order valence-corrected chi connectivity index (χ0v) is 17.4. The lowest BCUT2D eigenvalue weighted by atomic mass is 9.49. The van der Waals surface area contributed by atoms with Crippen LogP contribution >= 0.6 is 11.6 Å². The number of rotatable bonds is 3. The Hall–Kier alpha value is -2.06. The number of ether oxygens (including phenoxy) is 1. The highest BCUT2D eigenvalue weighted by Gasteiger charge is 2.66. The Morgan fingerprint density at radius 3 is 2.43 bits per heavy atom. The quantitative estimate of drug-likeness (QED) is 0.801. The molecule has 0 aromatic heterocycles. The van der Waals surface area contributed by atoms with Gasteiger partial charge in [0.05, 0.1) is 10.6 Å². The summed E-state index contributed by atoms with van der Waals surface area (Å²) >= 11 is 6.18. The van der Waals surface area contributed by atoms with Crippen LogP contribution in [0.3, 0.4) is 0 Å². The van der Waals surface area contributed by atoms with E-state index in [1.807, 2.05) is 18.2 Å². The Balaban J connectivity index is 1.59. The summed E-state index contributed by atoms with van der Waals surface area (Å²) in [6.07, 6.45) is -0.644. The third kappa shape index (κ3) is 2.73. The Labute approximate surface area is 171 Å². The lowest BCUT2D eigenvalue weighted by molar-refractivity contribution is -0.235. The van der Waals surface area contributed by atoms with Crippen LogP contribution in [-0.4, -0.2) is 22.2 Å². The van der Waals surface area contributed by atoms with Gasteiger partial charge in [-0.3, -0.25) is 4.90 Å². The lowest BCUT2D eigenvalue weighted by Gasteiger charge is -2.66. The smallest absolute Gasteiger partial charge is 0.134 e. The molecule has 146 valence electrons. The molecule has 1 atom stereocenters. The Morgan fingerprint density at radius 1 is 1.14 bits per heavy atom. The number of aliphatic hydroxyl groups excluding tert-OH is 1. The van der Waals surface area contributed by atoms with Crippen molar-refractivity contribution in [1.82, 2.24) is 4.90 Å². The molecule has 2 aliphatic rings. The van der Waals surface area contributed by atoms with Crippen molar-refractivity contribution in [1.29, 1.82) is 5.26 Å². The summed E-state index contributed by atoms with van der Waals surface area (Å²) in [5, 5.41) is 20.4. The second-order valence-electron chi connectivity index (χ2n) is 9.04. The fourth-order valence-electron chi connectivity index (χ4n) is 5.69. The van der Waals surface area contributed by atoms with E-state index in [9.17, 15) is 5.11 Å². The van der Waals surface area contributed by atoms with E-state index in [0.29, 0.717) is 16.3 Å². The van der Waals surface area contributed by atoms with Crippen LogP contribution in [0.4, 0.5) is 0 Å². The molecule has 28 heavy (non-hydrogen) atoms. The van der Waals surface area contributed by atoms with Gasteiger partial charge in [0, 0.05) is 29.5 Å². The molecule has 5 heteroatoms. The van der Waals surface area contributed by atoms with Crippen LogP contribution < -0.4 is 4.74 Å². The van der Waals surface area contributed by atoms with Crippen LogP contribution in [0.15, 0.2) is 42.5 Å². The van der Waals surface area contributed by atoms with Gasteiger partial charge in [-0.05, 0) is 23.3 Å². The first-order valence-corrected chi connectivity index (χ1v) is 9.93. The molecule has 4 nitrogen and oxygen atoms in total. The number of aliphatic hydroxyl groups is 1. The third-order valence-corrected chi connectivity index (χ3v) is 6.72. The summed E-state index contributed by atoms with van der Waals surface area (Å²) in [4.78, 5) is 2.19. The highest BCUT2D eigenvalue weighted by Crippen LogP contribution is 2.60. The van der Waals surface area contributed by atoms with Crippen molar-refractivity contribution in [2.24, 2.45) is 10.8 Å². The van der Waals surface area contributed by atoms with Crippen molar-refractivity contribution in [3.63, 3.8) is 0 Å². The van der Waals surface area contributed by atoms with Crippen LogP contribution in [-0.2, 0) is 6.54 Å². The Morgan fingerprint density at radius 2 is 1.82 bits per heavy atom.